The van der Waals surface area contributed by atoms with Crippen molar-refractivity contribution < 1.29 is 4.79 Å². The number of hydrogen-bond donors (Lipinski definition) is 2. The number of benzene rings is 1. The molecule has 1 aromatic rings. The number of carbonyl (C=O) groups excluding carboxylic acids is 1. The van der Waals surface area contributed by atoms with E-state index in [0.717, 1.165) is 25.1 Å². The van der Waals surface area contributed by atoms with Gasteiger partial charge < -0.3 is 10.6 Å². The minimum absolute atomic E-state index is 0.0212. The van der Waals surface area contributed by atoms with Crippen molar-refractivity contribution in [2.75, 3.05) is 11.9 Å². The third-order valence-electron chi connectivity index (χ3n) is 3.31. The first-order chi connectivity index (χ1) is 8.69. The lowest BCUT2D eigenvalue weighted by Crippen LogP contribution is -2.34. The Morgan fingerprint density at radius 1 is 1.50 bits per heavy atom. The average molecular weight is 244 g/mol. The van der Waals surface area contributed by atoms with Crippen molar-refractivity contribution in [3.05, 3.63) is 42.0 Å². The van der Waals surface area contributed by atoms with Gasteiger partial charge in [-0.2, -0.15) is 0 Å². The second-order valence-electron chi connectivity index (χ2n) is 4.80. The van der Waals surface area contributed by atoms with Gasteiger partial charge in [-0.25, -0.2) is 0 Å². The van der Waals surface area contributed by atoms with Crippen LogP contribution in [0.25, 0.3) is 0 Å². The maximum Gasteiger partial charge on any atom is 0.221 e. The Hall–Kier alpha value is -1.61. The predicted molar refractivity (Wildman–Crippen MR) is 74.8 cm³/mol. The van der Waals surface area contributed by atoms with Crippen molar-refractivity contribution in [1.82, 2.24) is 5.32 Å². The average Bonchev–Trinajstić information content (AvgIpc) is 2.35. The van der Waals surface area contributed by atoms with Crippen LogP contribution >= 0.6 is 0 Å². The Morgan fingerprint density at radius 2 is 2.33 bits per heavy atom. The third kappa shape index (κ3) is 3.20. The van der Waals surface area contributed by atoms with Gasteiger partial charge in [-0.05, 0) is 42.5 Å². The van der Waals surface area contributed by atoms with Gasteiger partial charge in [0.15, 0.2) is 0 Å². The van der Waals surface area contributed by atoms with Crippen LogP contribution in [-0.4, -0.2) is 18.5 Å². The summed E-state index contributed by atoms with van der Waals surface area (Å²) in [6, 6.07) is 6.73. The molecule has 2 rings (SSSR count). The summed E-state index contributed by atoms with van der Waals surface area (Å²) in [5.74, 6) is -0.0212. The standard InChI is InChI=1S/C15H20N2O/c1-3-8-16-14-6-4-12-5-7-15(17-11(2)18)10-13(12)9-14/h3,5,7,10,14,16H,1,4,6,8-9H2,2H3,(H,17,18). The van der Waals surface area contributed by atoms with Gasteiger partial charge in [0.25, 0.3) is 0 Å². The van der Waals surface area contributed by atoms with Crippen LogP contribution in [0.5, 0.6) is 0 Å². The minimum atomic E-state index is -0.0212. The fraction of sp³-hybridized carbons (Fsp3) is 0.400. The van der Waals surface area contributed by atoms with Gasteiger partial charge in [0.05, 0.1) is 0 Å². The smallest absolute Gasteiger partial charge is 0.221 e. The Balaban J connectivity index is 2.08. The first-order valence-electron chi connectivity index (χ1n) is 6.42. The monoisotopic (exact) mass is 244 g/mol. The number of anilines is 1. The predicted octanol–water partition coefficient (Wildman–Crippen LogP) is 2.28. The van der Waals surface area contributed by atoms with Crippen LogP contribution in [0.3, 0.4) is 0 Å². The fourth-order valence-corrected chi connectivity index (χ4v) is 2.46. The van der Waals surface area contributed by atoms with E-state index in [2.05, 4.69) is 29.3 Å². The highest BCUT2D eigenvalue weighted by atomic mass is 16.1. The molecule has 3 heteroatoms. The van der Waals surface area contributed by atoms with E-state index in [1.54, 1.807) is 0 Å². The summed E-state index contributed by atoms with van der Waals surface area (Å²) in [5.41, 5.74) is 3.64. The summed E-state index contributed by atoms with van der Waals surface area (Å²) in [6.45, 7) is 6.11. The molecular formula is C15H20N2O. The zero-order valence-electron chi connectivity index (χ0n) is 10.8. The molecule has 0 bridgehead atoms. The molecule has 0 spiro atoms. The van der Waals surface area contributed by atoms with Gasteiger partial charge in [-0.1, -0.05) is 12.1 Å². The second-order valence-corrected chi connectivity index (χ2v) is 4.80. The van der Waals surface area contributed by atoms with E-state index >= 15 is 0 Å². The number of carbonyl (C=O) groups is 1. The number of nitrogens with one attached hydrogen (secondary N) is 2. The SMILES string of the molecule is C=CCNC1CCc2ccc(NC(C)=O)cc2C1. The highest BCUT2D eigenvalue weighted by Gasteiger charge is 2.18. The summed E-state index contributed by atoms with van der Waals surface area (Å²) in [7, 11) is 0. The van der Waals surface area contributed by atoms with E-state index in [0.29, 0.717) is 6.04 Å². The van der Waals surface area contributed by atoms with Gasteiger partial charge in [0.2, 0.25) is 5.91 Å². The molecule has 1 amide bonds. The summed E-state index contributed by atoms with van der Waals surface area (Å²) in [6.07, 6.45) is 5.19. The van der Waals surface area contributed by atoms with Crippen LogP contribution in [0.2, 0.25) is 0 Å². The molecule has 0 aromatic heterocycles. The van der Waals surface area contributed by atoms with Gasteiger partial charge in [-0.3, -0.25) is 4.79 Å². The molecule has 96 valence electrons. The summed E-state index contributed by atoms with van der Waals surface area (Å²) < 4.78 is 0. The Kier molecular flexibility index (Phi) is 4.15. The molecule has 1 aliphatic carbocycles. The van der Waals surface area contributed by atoms with Crippen LogP contribution in [0.4, 0.5) is 5.69 Å². The molecule has 1 unspecified atom stereocenters. The van der Waals surface area contributed by atoms with Crippen LogP contribution in [-0.2, 0) is 17.6 Å². The molecule has 0 radical (unpaired) electrons. The van der Waals surface area contributed by atoms with Gasteiger partial charge in [-0.15, -0.1) is 6.58 Å². The van der Waals surface area contributed by atoms with Gasteiger partial charge in [0, 0.05) is 25.2 Å². The van der Waals surface area contributed by atoms with Crippen molar-refractivity contribution in [3.8, 4) is 0 Å². The van der Waals surface area contributed by atoms with Crippen molar-refractivity contribution >= 4 is 11.6 Å². The van der Waals surface area contributed by atoms with Crippen LogP contribution < -0.4 is 10.6 Å². The molecular weight excluding hydrogens is 224 g/mol. The molecule has 0 saturated carbocycles. The van der Waals surface area contributed by atoms with E-state index in [4.69, 9.17) is 0 Å². The molecule has 1 aliphatic rings. The summed E-state index contributed by atoms with van der Waals surface area (Å²) >= 11 is 0. The zero-order chi connectivity index (χ0) is 13.0. The largest absolute Gasteiger partial charge is 0.326 e. The van der Waals surface area contributed by atoms with Gasteiger partial charge in [0.1, 0.15) is 0 Å². The number of fused-ring (bicyclic) bond motifs is 1. The summed E-state index contributed by atoms with van der Waals surface area (Å²) in [4.78, 5) is 11.1. The molecule has 0 heterocycles. The molecule has 18 heavy (non-hydrogen) atoms. The topological polar surface area (TPSA) is 41.1 Å². The Bertz CT molecular complexity index is 454. The van der Waals surface area contributed by atoms with Crippen molar-refractivity contribution in [2.24, 2.45) is 0 Å². The Labute approximate surface area is 108 Å². The Morgan fingerprint density at radius 3 is 3.06 bits per heavy atom. The molecule has 0 aliphatic heterocycles. The van der Waals surface area contributed by atoms with Crippen molar-refractivity contribution in [1.29, 1.82) is 0 Å². The van der Waals surface area contributed by atoms with Crippen LogP contribution in [0.1, 0.15) is 24.5 Å². The van der Waals surface area contributed by atoms with E-state index < -0.39 is 0 Å². The number of hydrogen-bond acceptors (Lipinski definition) is 2. The first-order valence-corrected chi connectivity index (χ1v) is 6.42. The number of aryl methyl sites for hydroxylation is 1. The van der Waals surface area contributed by atoms with E-state index in [-0.39, 0.29) is 5.91 Å². The third-order valence-corrected chi connectivity index (χ3v) is 3.31. The normalized spacial score (nSPS) is 17.9. The fourth-order valence-electron chi connectivity index (χ4n) is 2.46. The molecule has 1 aromatic carbocycles. The second kappa shape index (κ2) is 5.83. The molecule has 0 saturated heterocycles. The highest BCUT2D eigenvalue weighted by Crippen LogP contribution is 2.24. The van der Waals surface area contributed by atoms with Crippen molar-refractivity contribution in [2.45, 2.75) is 32.2 Å². The van der Waals surface area contributed by atoms with E-state index in [1.165, 1.54) is 24.5 Å². The lowest BCUT2D eigenvalue weighted by atomic mass is 9.88. The minimum Gasteiger partial charge on any atom is -0.326 e. The number of rotatable bonds is 4. The van der Waals surface area contributed by atoms with Gasteiger partial charge >= 0.3 is 0 Å². The lowest BCUT2D eigenvalue weighted by Gasteiger charge is -2.25. The molecule has 3 nitrogen and oxygen atoms in total. The van der Waals surface area contributed by atoms with Crippen molar-refractivity contribution in [3.63, 3.8) is 0 Å². The highest BCUT2D eigenvalue weighted by molar-refractivity contribution is 5.88. The van der Waals surface area contributed by atoms with Crippen LogP contribution in [0.15, 0.2) is 30.9 Å². The molecule has 0 fully saturated rings. The molecule has 1 atom stereocenters. The quantitative estimate of drug-likeness (QED) is 0.798. The van der Waals surface area contributed by atoms with E-state index in [1.807, 2.05) is 12.1 Å². The zero-order valence-corrected chi connectivity index (χ0v) is 10.8. The maximum atomic E-state index is 11.1. The van der Waals surface area contributed by atoms with E-state index in [9.17, 15) is 4.79 Å². The summed E-state index contributed by atoms with van der Waals surface area (Å²) in [5, 5.41) is 6.30. The molecule has 2 N–H and O–H groups in total. The first kappa shape index (κ1) is 12.8. The lowest BCUT2D eigenvalue weighted by molar-refractivity contribution is -0.114. The number of amides is 1. The maximum absolute atomic E-state index is 11.1. The van der Waals surface area contributed by atoms with Crippen LogP contribution in [0, 0.1) is 0 Å².